The zero-order chi connectivity index (χ0) is 53.8. The number of benzene rings is 12. The van der Waals surface area contributed by atoms with Crippen LogP contribution in [0.25, 0.3) is 32.3 Å². The maximum absolute atomic E-state index is 2.68. The van der Waals surface area contributed by atoms with Crippen LogP contribution in [0.1, 0.15) is 75.3 Å². The Morgan fingerprint density at radius 3 is 1.31 bits per heavy atom. The Kier molecular flexibility index (Phi) is 10.1. The quantitative estimate of drug-likeness (QED) is 0.128. The van der Waals surface area contributed by atoms with E-state index < -0.39 is 0 Å². The van der Waals surface area contributed by atoms with Gasteiger partial charge in [0.05, 0.1) is 0 Å². The molecule has 80 heavy (non-hydrogen) atoms. The van der Waals surface area contributed by atoms with Crippen molar-refractivity contribution in [2.24, 2.45) is 0 Å². The monoisotopic (exact) mass is 1020 g/mol. The van der Waals surface area contributed by atoms with Crippen LogP contribution in [0.15, 0.2) is 243 Å². The molecule has 0 fully saturated rings. The number of hydrogen-bond donors (Lipinski definition) is 0. The van der Waals surface area contributed by atoms with E-state index in [1.165, 1.54) is 127 Å². The van der Waals surface area contributed by atoms with Crippen LogP contribution in [0.4, 0.5) is 51.2 Å². The van der Waals surface area contributed by atoms with Crippen molar-refractivity contribution in [2.75, 3.05) is 14.7 Å². The fourth-order valence-corrected chi connectivity index (χ4v) is 14.5. The molecular formula is C75H59B2N3. The first-order valence-corrected chi connectivity index (χ1v) is 28.6. The SMILES string of the molecule is CC(C)(C)c1cc2c3c(c1)N(c1ccccc1)c1cc4c(cc1B3c1ccccc1C2c1ccccc1)B1c2ccccc2N(c2ccccc2)c2cc(C(C)(C)C)cc(c21)N4c1ccc2c3ccccc3c3ccccc3c2c1. The second kappa shape index (κ2) is 17.2. The van der Waals surface area contributed by atoms with Crippen molar-refractivity contribution in [2.45, 2.75) is 58.3 Å². The fraction of sp³-hybridized carbons (Fsp3) is 0.120. The first-order valence-electron chi connectivity index (χ1n) is 28.6. The topological polar surface area (TPSA) is 9.72 Å². The molecule has 380 valence electrons. The maximum atomic E-state index is 2.68. The molecule has 12 aromatic rings. The number of nitrogens with zero attached hydrogens (tertiary/aromatic N) is 3. The molecule has 12 aromatic carbocycles. The Hall–Kier alpha value is -9.05. The van der Waals surface area contributed by atoms with Crippen molar-refractivity contribution in [1.29, 1.82) is 0 Å². The van der Waals surface area contributed by atoms with Crippen LogP contribution < -0.4 is 47.5 Å². The van der Waals surface area contributed by atoms with Gasteiger partial charge in [0.15, 0.2) is 0 Å². The van der Waals surface area contributed by atoms with Gasteiger partial charge in [-0.3, -0.25) is 0 Å². The summed E-state index contributed by atoms with van der Waals surface area (Å²) in [6.07, 6.45) is 0. The zero-order valence-corrected chi connectivity index (χ0v) is 46.2. The minimum Gasteiger partial charge on any atom is -0.311 e. The van der Waals surface area contributed by atoms with Gasteiger partial charge < -0.3 is 14.7 Å². The lowest BCUT2D eigenvalue weighted by molar-refractivity contribution is 0.589. The molecule has 0 aromatic heterocycles. The average Bonchev–Trinajstić information content (AvgIpc) is 3.55. The zero-order valence-electron chi connectivity index (χ0n) is 46.2. The van der Waals surface area contributed by atoms with Crippen molar-refractivity contribution in [3.05, 3.63) is 270 Å². The van der Waals surface area contributed by atoms with Gasteiger partial charge in [-0.1, -0.05) is 223 Å². The minimum absolute atomic E-state index is 0.0250. The molecule has 0 spiro atoms. The highest BCUT2D eigenvalue weighted by atomic mass is 15.2. The van der Waals surface area contributed by atoms with Crippen molar-refractivity contribution >= 4 is 130 Å². The average molecular weight is 1020 g/mol. The Morgan fingerprint density at radius 1 is 0.287 bits per heavy atom. The molecule has 0 N–H and O–H groups in total. The van der Waals surface area contributed by atoms with Crippen LogP contribution >= 0.6 is 0 Å². The summed E-state index contributed by atoms with van der Waals surface area (Å²) in [5.41, 5.74) is 25.3. The summed E-state index contributed by atoms with van der Waals surface area (Å²) in [5, 5.41) is 7.62. The molecule has 0 aliphatic carbocycles. The summed E-state index contributed by atoms with van der Waals surface area (Å²) < 4.78 is 0. The largest absolute Gasteiger partial charge is 0.311 e. The number of anilines is 9. The summed E-state index contributed by atoms with van der Waals surface area (Å²) in [7, 11) is 0. The van der Waals surface area contributed by atoms with Crippen LogP contribution in [0.2, 0.25) is 0 Å². The number of hydrogen-bond acceptors (Lipinski definition) is 3. The Morgan fingerprint density at radius 2 is 0.725 bits per heavy atom. The van der Waals surface area contributed by atoms with Gasteiger partial charge >= 0.3 is 0 Å². The van der Waals surface area contributed by atoms with Gasteiger partial charge in [0.1, 0.15) is 0 Å². The van der Waals surface area contributed by atoms with Gasteiger partial charge in [-0.2, -0.15) is 0 Å². The molecule has 4 aliphatic heterocycles. The number of para-hydroxylation sites is 3. The Labute approximate surface area is 470 Å². The van der Waals surface area contributed by atoms with Gasteiger partial charge in [-0.25, -0.2) is 0 Å². The van der Waals surface area contributed by atoms with Crippen molar-refractivity contribution in [3.8, 4) is 0 Å². The predicted octanol–water partition coefficient (Wildman–Crippen LogP) is 15.6. The van der Waals surface area contributed by atoms with Crippen LogP contribution in [-0.4, -0.2) is 13.4 Å². The van der Waals surface area contributed by atoms with Gasteiger partial charge in [0, 0.05) is 57.1 Å². The summed E-state index contributed by atoms with van der Waals surface area (Å²) >= 11 is 0. The molecule has 3 nitrogen and oxygen atoms in total. The van der Waals surface area contributed by atoms with E-state index in [2.05, 4.69) is 299 Å². The molecule has 16 rings (SSSR count). The van der Waals surface area contributed by atoms with E-state index in [0.717, 1.165) is 17.1 Å². The highest BCUT2D eigenvalue weighted by molar-refractivity contribution is 7.02. The summed E-state index contributed by atoms with van der Waals surface area (Å²) in [6, 6.07) is 92.9. The summed E-state index contributed by atoms with van der Waals surface area (Å²) in [4.78, 5) is 7.85. The normalized spacial score (nSPS) is 14.9. The fourth-order valence-electron chi connectivity index (χ4n) is 14.5. The van der Waals surface area contributed by atoms with Crippen molar-refractivity contribution < 1.29 is 0 Å². The highest BCUT2D eigenvalue weighted by Crippen LogP contribution is 2.51. The van der Waals surface area contributed by atoms with Crippen LogP contribution in [-0.2, 0) is 10.8 Å². The first kappa shape index (κ1) is 47.0. The van der Waals surface area contributed by atoms with E-state index >= 15 is 0 Å². The highest BCUT2D eigenvalue weighted by Gasteiger charge is 2.49. The van der Waals surface area contributed by atoms with Gasteiger partial charge in [-0.15, -0.1) is 0 Å². The van der Waals surface area contributed by atoms with Gasteiger partial charge in [0.25, 0.3) is 6.71 Å². The lowest BCUT2D eigenvalue weighted by Crippen LogP contribution is -2.65. The van der Waals surface area contributed by atoms with Crippen LogP contribution in [0, 0.1) is 0 Å². The van der Waals surface area contributed by atoms with E-state index in [-0.39, 0.29) is 30.2 Å². The van der Waals surface area contributed by atoms with Gasteiger partial charge in [-0.05, 0) is 165 Å². The first-order chi connectivity index (χ1) is 39.0. The standard InChI is InChI=1S/C75H59B2N3/c1-74(2,3)48-40-60-71(47-24-10-7-11-25-47)58-34-20-21-35-61(58)76-63-45-64-67(46-66(63)79(68(41-48)72(60)76)51-28-14-9-15-29-51)80(52-38-39-57-55-32-17-16-30-53(55)54-31-18-19-33-56(54)59(57)44-52)70-43-49(75(4,5)6)42-69-73(70)77(64)62-36-22-23-37-65(62)78(69)50-26-12-8-13-27-50/h7-46,71H,1-6H3. The minimum atomic E-state index is -0.164. The summed E-state index contributed by atoms with van der Waals surface area (Å²) in [6.45, 7) is 14.1. The van der Waals surface area contributed by atoms with E-state index in [1.807, 2.05) is 0 Å². The molecule has 0 saturated heterocycles. The number of fused-ring (bicyclic) bond motifs is 14. The third kappa shape index (κ3) is 6.83. The van der Waals surface area contributed by atoms with E-state index in [9.17, 15) is 0 Å². The molecule has 5 heteroatoms. The molecular weight excluding hydrogens is 964 g/mol. The molecule has 0 radical (unpaired) electrons. The lowest BCUT2D eigenvalue weighted by Gasteiger charge is -2.47. The molecule has 4 heterocycles. The van der Waals surface area contributed by atoms with Crippen molar-refractivity contribution in [1.82, 2.24) is 0 Å². The molecule has 1 unspecified atom stereocenters. The Bertz CT molecular complexity index is 4500. The van der Waals surface area contributed by atoms with Crippen molar-refractivity contribution in [3.63, 3.8) is 0 Å². The molecule has 0 bridgehead atoms. The summed E-state index contributed by atoms with van der Waals surface area (Å²) in [5.74, 6) is 0.0636. The molecule has 0 amide bonds. The predicted molar refractivity (Wildman–Crippen MR) is 344 cm³/mol. The van der Waals surface area contributed by atoms with E-state index in [1.54, 1.807) is 0 Å². The van der Waals surface area contributed by atoms with Crippen LogP contribution in [0.3, 0.4) is 0 Å². The molecule has 4 aliphatic rings. The molecule has 0 saturated carbocycles. The third-order valence-electron chi connectivity index (χ3n) is 18.2. The van der Waals surface area contributed by atoms with Crippen LogP contribution in [0.5, 0.6) is 0 Å². The maximum Gasteiger partial charge on any atom is 0.252 e. The second-order valence-corrected chi connectivity index (χ2v) is 24.8. The van der Waals surface area contributed by atoms with E-state index in [4.69, 9.17) is 0 Å². The third-order valence-corrected chi connectivity index (χ3v) is 18.2. The number of rotatable bonds is 4. The molecule has 1 atom stereocenters. The second-order valence-electron chi connectivity index (χ2n) is 24.8. The lowest BCUT2D eigenvalue weighted by atomic mass is 9.29. The van der Waals surface area contributed by atoms with E-state index in [0.29, 0.717) is 0 Å². The smallest absolute Gasteiger partial charge is 0.252 e. The Balaban J connectivity index is 1.06. The van der Waals surface area contributed by atoms with Gasteiger partial charge in [0.2, 0.25) is 6.71 Å².